The molecule has 0 spiro atoms. The van der Waals surface area contributed by atoms with Crippen molar-refractivity contribution in [3.05, 3.63) is 28.2 Å². The van der Waals surface area contributed by atoms with E-state index in [1.165, 1.54) is 18.2 Å². The minimum Gasteiger partial charge on any atom is -0.207 e. The highest BCUT2D eigenvalue weighted by Crippen LogP contribution is 2.26. The third-order valence-electron chi connectivity index (χ3n) is 2.13. The monoisotopic (exact) mass is 292 g/mol. The van der Waals surface area contributed by atoms with Crippen LogP contribution in [0.3, 0.4) is 0 Å². The molecule has 0 fully saturated rings. The molecule has 0 unspecified atom stereocenters. The number of rotatable bonds is 4. The molecule has 1 rings (SSSR count). The Morgan fingerprint density at radius 1 is 1.35 bits per heavy atom. The predicted molar refractivity (Wildman–Crippen MR) is 66.5 cm³/mol. The molecule has 7 heteroatoms. The minimum atomic E-state index is -3.68. The molecular formula is C10H10Cl2N2O2S. The van der Waals surface area contributed by atoms with Crippen LogP contribution in [0.15, 0.2) is 23.1 Å². The van der Waals surface area contributed by atoms with Gasteiger partial charge < -0.3 is 0 Å². The van der Waals surface area contributed by atoms with E-state index >= 15 is 0 Å². The zero-order valence-corrected chi connectivity index (χ0v) is 11.3. The lowest BCUT2D eigenvalue weighted by Crippen LogP contribution is -2.31. The van der Waals surface area contributed by atoms with E-state index in [0.717, 1.165) is 4.31 Å². The van der Waals surface area contributed by atoms with E-state index in [2.05, 4.69) is 0 Å². The molecule has 0 aliphatic carbocycles. The highest BCUT2D eigenvalue weighted by atomic mass is 35.5. The van der Waals surface area contributed by atoms with E-state index in [4.69, 9.17) is 28.5 Å². The van der Waals surface area contributed by atoms with Crippen molar-refractivity contribution in [2.45, 2.75) is 11.8 Å². The highest BCUT2D eigenvalue weighted by Gasteiger charge is 2.23. The second-order valence-corrected chi connectivity index (χ2v) is 5.92. The molecule has 0 aromatic heterocycles. The van der Waals surface area contributed by atoms with Gasteiger partial charge in [0.1, 0.15) is 6.54 Å². The maximum absolute atomic E-state index is 12.1. The summed E-state index contributed by atoms with van der Waals surface area (Å²) in [5, 5.41) is 9.03. The summed E-state index contributed by atoms with van der Waals surface area (Å²) >= 11 is 11.5. The van der Waals surface area contributed by atoms with Crippen molar-refractivity contribution in [1.82, 2.24) is 4.31 Å². The van der Waals surface area contributed by atoms with Crippen molar-refractivity contribution < 1.29 is 8.42 Å². The molecule has 1 aromatic carbocycles. The molecule has 0 saturated carbocycles. The third kappa shape index (κ3) is 3.11. The molecule has 17 heavy (non-hydrogen) atoms. The first-order valence-electron chi connectivity index (χ1n) is 4.75. The van der Waals surface area contributed by atoms with E-state index in [1.54, 1.807) is 6.92 Å². The number of sulfonamides is 1. The molecule has 0 aliphatic rings. The number of hydrogen-bond acceptors (Lipinski definition) is 3. The van der Waals surface area contributed by atoms with Crippen molar-refractivity contribution in [2.75, 3.05) is 13.1 Å². The van der Waals surface area contributed by atoms with Gasteiger partial charge in [0, 0.05) is 6.54 Å². The zero-order chi connectivity index (χ0) is 13.1. The van der Waals surface area contributed by atoms with E-state index in [0.29, 0.717) is 0 Å². The molecule has 0 heterocycles. The van der Waals surface area contributed by atoms with E-state index in [9.17, 15) is 8.42 Å². The summed E-state index contributed by atoms with van der Waals surface area (Å²) in [4.78, 5) is 0.0315. The fourth-order valence-electron chi connectivity index (χ4n) is 1.23. The Morgan fingerprint density at radius 2 is 2.00 bits per heavy atom. The van der Waals surface area contributed by atoms with Gasteiger partial charge in [0.05, 0.1) is 21.0 Å². The first kappa shape index (κ1) is 14.3. The lowest BCUT2D eigenvalue weighted by atomic mass is 10.4. The normalized spacial score (nSPS) is 11.5. The standard InChI is InChI=1S/C10H10Cl2N2O2S/c1-2-14(6-5-13)17(15,16)8-3-4-9(11)10(12)7-8/h3-4,7H,2,6H2,1H3. The van der Waals surface area contributed by atoms with Crippen LogP contribution >= 0.6 is 23.2 Å². The van der Waals surface area contributed by atoms with Gasteiger partial charge in [-0.05, 0) is 18.2 Å². The van der Waals surface area contributed by atoms with Gasteiger partial charge in [-0.25, -0.2) is 8.42 Å². The van der Waals surface area contributed by atoms with Crippen LogP contribution in [0.25, 0.3) is 0 Å². The van der Waals surface area contributed by atoms with Crippen LogP contribution in [0.1, 0.15) is 6.92 Å². The van der Waals surface area contributed by atoms with Gasteiger partial charge in [-0.3, -0.25) is 0 Å². The summed E-state index contributed by atoms with van der Waals surface area (Å²) in [6.45, 7) is 1.68. The van der Waals surface area contributed by atoms with E-state index in [-0.39, 0.29) is 28.0 Å². The summed E-state index contributed by atoms with van der Waals surface area (Å²) in [5.41, 5.74) is 0. The molecule has 92 valence electrons. The molecule has 1 aromatic rings. The fourth-order valence-corrected chi connectivity index (χ4v) is 2.97. The number of nitrogens with zero attached hydrogens (tertiary/aromatic N) is 2. The van der Waals surface area contributed by atoms with Crippen molar-refractivity contribution in [3.63, 3.8) is 0 Å². The van der Waals surface area contributed by atoms with Crippen LogP contribution in [0.5, 0.6) is 0 Å². The van der Waals surface area contributed by atoms with Crippen molar-refractivity contribution in [1.29, 1.82) is 5.26 Å². The molecule has 0 bridgehead atoms. The van der Waals surface area contributed by atoms with Crippen LogP contribution < -0.4 is 0 Å². The highest BCUT2D eigenvalue weighted by molar-refractivity contribution is 7.89. The maximum atomic E-state index is 12.1. The Balaban J connectivity index is 3.21. The Hall–Kier alpha value is -0.800. The lowest BCUT2D eigenvalue weighted by molar-refractivity contribution is 0.462. The summed E-state index contributed by atoms with van der Waals surface area (Å²) in [7, 11) is -3.68. The third-order valence-corrected chi connectivity index (χ3v) is 4.78. The molecule has 0 aliphatic heterocycles. The van der Waals surface area contributed by atoms with Gasteiger partial charge in [-0.15, -0.1) is 0 Å². The van der Waals surface area contributed by atoms with Crippen molar-refractivity contribution in [2.24, 2.45) is 0 Å². The quantitative estimate of drug-likeness (QED) is 0.801. The average molecular weight is 293 g/mol. The molecule has 0 saturated heterocycles. The van der Waals surface area contributed by atoms with Crippen LogP contribution in [-0.4, -0.2) is 25.8 Å². The van der Waals surface area contributed by atoms with Crippen molar-refractivity contribution in [3.8, 4) is 6.07 Å². The smallest absolute Gasteiger partial charge is 0.207 e. The summed E-state index contributed by atoms with van der Waals surface area (Å²) in [6.07, 6.45) is 0. The number of hydrogen-bond donors (Lipinski definition) is 0. The topological polar surface area (TPSA) is 61.2 Å². The molecule has 4 nitrogen and oxygen atoms in total. The van der Waals surface area contributed by atoms with Gasteiger partial charge in [-0.1, -0.05) is 30.1 Å². The molecule has 0 atom stereocenters. The van der Waals surface area contributed by atoms with Gasteiger partial charge in [0.15, 0.2) is 0 Å². The fraction of sp³-hybridized carbons (Fsp3) is 0.300. The van der Waals surface area contributed by atoms with Gasteiger partial charge >= 0.3 is 0 Å². The van der Waals surface area contributed by atoms with Crippen LogP contribution in [0.2, 0.25) is 10.0 Å². The van der Waals surface area contributed by atoms with Crippen LogP contribution in [-0.2, 0) is 10.0 Å². The molecule has 0 amide bonds. The van der Waals surface area contributed by atoms with Crippen LogP contribution in [0, 0.1) is 11.3 Å². The lowest BCUT2D eigenvalue weighted by Gasteiger charge is -2.17. The second kappa shape index (κ2) is 5.69. The second-order valence-electron chi connectivity index (χ2n) is 3.17. The Kier molecular flexibility index (Phi) is 4.78. The Bertz CT molecular complexity index is 552. The van der Waals surface area contributed by atoms with Gasteiger partial charge in [-0.2, -0.15) is 9.57 Å². The molecular weight excluding hydrogens is 283 g/mol. The predicted octanol–water partition coefficient (Wildman–Crippen LogP) is 2.53. The average Bonchev–Trinajstić information content (AvgIpc) is 2.29. The summed E-state index contributed by atoms with van der Waals surface area (Å²) < 4.78 is 25.2. The van der Waals surface area contributed by atoms with E-state index < -0.39 is 10.0 Å². The Labute approximate surface area is 110 Å². The zero-order valence-electron chi connectivity index (χ0n) is 9.02. The molecule has 0 N–H and O–H groups in total. The maximum Gasteiger partial charge on any atom is 0.244 e. The largest absolute Gasteiger partial charge is 0.244 e. The Morgan fingerprint density at radius 3 is 2.47 bits per heavy atom. The first-order valence-corrected chi connectivity index (χ1v) is 6.95. The van der Waals surface area contributed by atoms with Gasteiger partial charge in [0.2, 0.25) is 10.0 Å². The summed E-state index contributed by atoms with van der Waals surface area (Å²) in [6, 6.07) is 5.86. The number of halogens is 2. The SMILES string of the molecule is CCN(CC#N)S(=O)(=O)c1ccc(Cl)c(Cl)c1. The minimum absolute atomic E-state index is 0.0315. The number of nitriles is 1. The van der Waals surface area contributed by atoms with E-state index in [1.807, 2.05) is 6.07 Å². The summed E-state index contributed by atoms with van der Waals surface area (Å²) in [5.74, 6) is 0. The number of benzene rings is 1. The van der Waals surface area contributed by atoms with Gasteiger partial charge in [0.25, 0.3) is 0 Å². The van der Waals surface area contributed by atoms with Crippen molar-refractivity contribution >= 4 is 33.2 Å². The van der Waals surface area contributed by atoms with Crippen LogP contribution in [0.4, 0.5) is 0 Å². The first-order chi connectivity index (χ1) is 7.93. The molecule has 0 radical (unpaired) electrons.